The van der Waals surface area contributed by atoms with Gasteiger partial charge in [-0.3, -0.25) is 0 Å². The number of carbonyl (C=O) groups is 1. The van der Waals surface area contributed by atoms with Crippen molar-refractivity contribution in [1.29, 1.82) is 0 Å². The maximum Gasteiger partial charge on any atom is 0.334 e. The largest absolute Gasteiger partial charge is 0.494 e. The second-order valence-electron chi connectivity index (χ2n) is 3.80. The summed E-state index contributed by atoms with van der Waals surface area (Å²) in [6.45, 7) is 0.552. The fourth-order valence-corrected chi connectivity index (χ4v) is 1.50. The number of benzene rings is 1. The summed E-state index contributed by atoms with van der Waals surface area (Å²) >= 11 is 0. The molecule has 1 atom stereocenters. The first kappa shape index (κ1) is 14.2. The Balaban J connectivity index is 2.15. The van der Waals surface area contributed by atoms with E-state index in [1.54, 1.807) is 0 Å². The van der Waals surface area contributed by atoms with Crippen LogP contribution in [0.4, 0.5) is 0 Å². The molecule has 1 aromatic rings. The van der Waals surface area contributed by atoms with Crippen LogP contribution in [-0.4, -0.2) is 25.7 Å². The number of rotatable bonds is 8. The van der Waals surface area contributed by atoms with Crippen LogP contribution < -0.4 is 4.74 Å². The molecule has 0 aliphatic heterocycles. The van der Waals surface area contributed by atoms with Gasteiger partial charge in [-0.1, -0.05) is 23.4 Å². The molecular formula is C13H17NO4. The maximum absolute atomic E-state index is 11.1. The number of ether oxygens (including phenoxy) is 2. The van der Waals surface area contributed by atoms with Gasteiger partial charge in [0, 0.05) is 0 Å². The van der Waals surface area contributed by atoms with Crippen LogP contribution in [0.2, 0.25) is 0 Å². The number of para-hydroxylation sites is 1. The highest BCUT2D eigenvalue weighted by atomic mass is 16.5. The Morgan fingerprint density at radius 3 is 2.61 bits per heavy atom. The summed E-state index contributed by atoms with van der Waals surface area (Å²) in [4.78, 5) is 21.5. The van der Waals surface area contributed by atoms with E-state index in [0.29, 0.717) is 19.4 Å². The van der Waals surface area contributed by atoms with Gasteiger partial charge in [0.2, 0.25) is 0 Å². The van der Waals surface area contributed by atoms with Crippen LogP contribution >= 0.6 is 0 Å². The molecule has 18 heavy (non-hydrogen) atoms. The fourth-order valence-electron chi connectivity index (χ4n) is 1.50. The molecule has 5 nitrogen and oxygen atoms in total. The van der Waals surface area contributed by atoms with E-state index in [4.69, 9.17) is 4.74 Å². The van der Waals surface area contributed by atoms with Crippen LogP contribution in [0.3, 0.4) is 0 Å². The van der Waals surface area contributed by atoms with E-state index in [1.807, 2.05) is 30.3 Å². The van der Waals surface area contributed by atoms with Crippen LogP contribution in [0.1, 0.15) is 19.3 Å². The van der Waals surface area contributed by atoms with Gasteiger partial charge in [-0.15, -0.1) is 4.91 Å². The van der Waals surface area contributed by atoms with Crippen molar-refractivity contribution in [2.75, 3.05) is 13.7 Å². The zero-order chi connectivity index (χ0) is 13.2. The highest BCUT2D eigenvalue weighted by molar-refractivity contribution is 5.75. The molecule has 0 saturated heterocycles. The molecule has 0 amide bonds. The third kappa shape index (κ3) is 4.95. The number of unbranched alkanes of at least 4 members (excludes halogenated alkanes) is 1. The van der Waals surface area contributed by atoms with Gasteiger partial charge in [0.15, 0.2) is 6.04 Å². The van der Waals surface area contributed by atoms with Gasteiger partial charge >= 0.3 is 5.97 Å². The van der Waals surface area contributed by atoms with E-state index in [2.05, 4.69) is 9.91 Å². The predicted octanol–water partition coefficient (Wildman–Crippen LogP) is 2.54. The highest BCUT2D eigenvalue weighted by Gasteiger charge is 2.18. The summed E-state index contributed by atoms with van der Waals surface area (Å²) < 4.78 is 9.95. The zero-order valence-electron chi connectivity index (χ0n) is 10.4. The first-order valence-electron chi connectivity index (χ1n) is 5.86. The van der Waals surface area contributed by atoms with E-state index in [1.165, 1.54) is 7.11 Å². The lowest BCUT2D eigenvalue weighted by Crippen LogP contribution is -2.19. The summed E-state index contributed by atoms with van der Waals surface area (Å²) in [7, 11) is 1.25. The van der Waals surface area contributed by atoms with Crippen molar-refractivity contribution in [3.63, 3.8) is 0 Å². The molecule has 0 radical (unpaired) electrons. The van der Waals surface area contributed by atoms with Crippen LogP contribution in [0.15, 0.2) is 35.5 Å². The molecule has 0 aromatic heterocycles. The molecule has 0 fully saturated rings. The molecule has 0 N–H and O–H groups in total. The Hall–Kier alpha value is -1.91. The van der Waals surface area contributed by atoms with Crippen molar-refractivity contribution in [3.8, 4) is 5.75 Å². The smallest absolute Gasteiger partial charge is 0.334 e. The Labute approximate surface area is 106 Å². The van der Waals surface area contributed by atoms with Crippen molar-refractivity contribution in [1.82, 2.24) is 0 Å². The van der Waals surface area contributed by atoms with Crippen molar-refractivity contribution < 1.29 is 14.3 Å². The van der Waals surface area contributed by atoms with Gasteiger partial charge in [0.05, 0.1) is 13.7 Å². The molecule has 0 aliphatic carbocycles. The van der Waals surface area contributed by atoms with Gasteiger partial charge in [0.1, 0.15) is 5.75 Å². The number of hydrogen-bond donors (Lipinski definition) is 0. The van der Waals surface area contributed by atoms with Crippen molar-refractivity contribution in [3.05, 3.63) is 35.2 Å². The van der Waals surface area contributed by atoms with Crippen LogP contribution in [0.25, 0.3) is 0 Å². The van der Waals surface area contributed by atoms with Crippen molar-refractivity contribution in [2.24, 2.45) is 5.18 Å². The molecule has 0 heterocycles. The number of esters is 1. The minimum absolute atomic E-state index is 0.397. The normalized spacial score (nSPS) is 11.6. The number of carbonyl (C=O) groups excluding carboxylic acids is 1. The van der Waals surface area contributed by atoms with E-state index in [9.17, 15) is 9.70 Å². The van der Waals surface area contributed by atoms with E-state index in [-0.39, 0.29) is 0 Å². The summed E-state index contributed by atoms with van der Waals surface area (Å²) in [5.41, 5.74) is 0. The summed E-state index contributed by atoms with van der Waals surface area (Å²) in [6.07, 6.45) is 1.85. The van der Waals surface area contributed by atoms with Crippen LogP contribution in [0.5, 0.6) is 5.75 Å². The number of methoxy groups -OCH3 is 1. The second kappa shape index (κ2) is 8.22. The number of hydrogen-bond acceptors (Lipinski definition) is 5. The monoisotopic (exact) mass is 251 g/mol. The number of nitrogens with zero attached hydrogens (tertiary/aromatic N) is 1. The van der Waals surface area contributed by atoms with Gasteiger partial charge in [-0.05, 0) is 31.4 Å². The molecule has 0 saturated carbocycles. The molecule has 1 aromatic carbocycles. The van der Waals surface area contributed by atoms with E-state index < -0.39 is 12.0 Å². The first-order chi connectivity index (χ1) is 8.77. The fraction of sp³-hybridized carbons (Fsp3) is 0.462. The average Bonchev–Trinajstić information content (AvgIpc) is 2.43. The van der Waals surface area contributed by atoms with Gasteiger partial charge in [0.25, 0.3) is 0 Å². The minimum atomic E-state index is -0.897. The van der Waals surface area contributed by atoms with Crippen molar-refractivity contribution in [2.45, 2.75) is 25.3 Å². The van der Waals surface area contributed by atoms with Crippen LogP contribution in [0, 0.1) is 4.91 Å². The van der Waals surface area contributed by atoms with E-state index >= 15 is 0 Å². The highest BCUT2D eigenvalue weighted by Crippen LogP contribution is 2.10. The Kier molecular flexibility index (Phi) is 6.46. The molecule has 98 valence electrons. The van der Waals surface area contributed by atoms with Gasteiger partial charge < -0.3 is 9.47 Å². The molecule has 0 bridgehead atoms. The SMILES string of the molecule is COC(=O)C(CCCCOc1ccccc1)N=O. The third-order valence-corrected chi connectivity index (χ3v) is 2.48. The predicted molar refractivity (Wildman–Crippen MR) is 67.4 cm³/mol. The summed E-state index contributed by atoms with van der Waals surface area (Å²) in [5.74, 6) is 0.240. The van der Waals surface area contributed by atoms with Gasteiger partial charge in [-0.2, -0.15) is 0 Å². The Morgan fingerprint density at radius 1 is 1.28 bits per heavy atom. The molecule has 5 heteroatoms. The third-order valence-electron chi connectivity index (χ3n) is 2.48. The topological polar surface area (TPSA) is 65.0 Å². The Bertz CT molecular complexity index is 367. The zero-order valence-corrected chi connectivity index (χ0v) is 10.4. The molecule has 0 aliphatic rings. The molecule has 1 rings (SSSR count). The maximum atomic E-state index is 11.1. The van der Waals surface area contributed by atoms with Crippen LogP contribution in [-0.2, 0) is 9.53 Å². The summed E-state index contributed by atoms with van der Waals surface area (Å²) in [6, 6.07) is 8.59. The minimum Gasteiger partial charge on any atom is -0.494 e. The average molecular weight is 251 g/mol. The Morgan fingerprint density at radius 2 is 2.00 bits per heavy atom. The van der Waals surface area contributed by atoms with Gasteiger partial charge in [-0.25, -0.2) is 4.79 Å². The van der Waals surface area contributed by atoms with E-state index in [0.717, 1.165) is 12.2 Å². The molecule has 1 unspecified atom stereocenters. The van der Waals surface area contributed by atoms with Crippen molar-refractivity contribution >= 4 is 5.97 Å². The lowest BCUT2D eigenvalue weighted by Gasteiger charge is -2.07. The standard InChI is InChI=1S/C13H17NO4/c1-17-13(15)12(14-16)9-5-6-10-18-11-7-3-2-4-8-11/h2-4,7-8,12H,5-6,9-10H2,1H3. The lowest BCUT2D eigenvalue weighted by atomic mass is 10.1. The second-order valence-corrected chi connectivity index (χ2v) is 3.80. The summed E-state index contributed by atoms with van der Waals surface area (Å²) in [5, 5.41) is 2.75. The number of nitroso groups, excluding NO2 is 1. The molecular weight excluding hydrogens is 234 g/mol. The first-order valence-corrected chi connectivity index (χ1v) is 5.86. The lowest BCUT2D eigenvalue weighted by molar-refractivity contribution is -0.142. The quantitative estimate of drug-likeness (QED) is 0.404. The molecule has 0 spiro atoms.